The van der Waals surface area contributed by atoms with Crippen molar-refractivity contribution in [2.75, 3.05) is 68.8 Å². The largest absolute Gasteiger partial charge is 0.508 e. The molecule has 8 heterocycles. The molecule has 5 aliphatic heterocycles. The van der Waals surface area contributed by atoms with Crippen LogP contribution < -0.4 is 19.9 Å². The molecule has 0 aliphatic carbocycles. The molecule has 3 aromatic heterocycles. The average Bonchev–Trinajstić information content (AvgIpc) is 4.06. The third-order valence-electron chi connectivity index (χ3n) is 15.5. The number of hydrogen-bond donors (Lipinski definition) is 3. The molecule has 5 saturated heterocycles. The number of ether oxygens (including phenoxy) is 1. The fourth-order valence-corrected chi connectivity index (χ4v) is 11.8. The first-order valence-electron chi connectivity index (χ1n) is 24.7. The minimum atomic E-state index is -0.718. The number of fused-ring (bicyclic) bond motifs is 4. The van der Waals surface area contributed by atoms with Crippen LogP contribution in [0.25, 0.3) is 32.9 Å². The zero-order valence-corrected chi connectivity index (χ0v) is 39.0. The number of nitrogens with one attached hydrogen (secondary N) is 1. The second kappa shape index (κ2) is 18.5. The van der Waals surface area contributed by atoms with Gasteiger partial charge in [0.15, 0.2) is 17.4 Å². The highest BCUT2D eigenvalue weighted by Crippen LogP contribution is 2.40. The molecule has 10 rings (SSSR count). The molecule has 0 saturated carbocycles. The maximum atomic E-state index is 17.1. The number of aromatic hydroxyl groups is 1. The third kappa shape index (κ3) is 8.90. The van der Waals surface area contributed by atoms with Crippen molar-refractivity contribution in [2.24, 2.45) is 11.8 Å². The molecule has 352 valence electrons. The van der Waals surface area contributed by atoms with E-state index in [0.717, 1.165) is 119 Å². The van der Waals surface area contributed by atoms with E-state index in [4.69, 9.17) is 24.2 Å². The first-order valence-corrected chi connectivity index (χ1v) is 24.7. The summed E-state index contributed by atoms with van der Waals surface area (Å²) in [7, 11) is 0. The number of pyridine rings is 1. The molecular formula is C51H66FN9O5. The van der Waals surface area contributed by atoms with Gasteiger partial charge in [-0.05, 0) is 111 Å². The van der Waals surface area contributed by atoms with Crippen molar-refractivity contribution < 1.29 is 28.7 Å². The lowest BCUT2D eigenvalue weighted by Crippen LogP contribution is -2.51. The lowest BCUT2D eigenvalue weighted by Gasteiger charge is -2.41. The Bertz CT molecular complexity index is 2540. The van der Waals surface area contributed by atoms with E-state index < -0.39 is 11.4 Å². The van der Waals surface area contributed by atoms with Gasteiger partial charge in [0, 0.05) is 88.3 Å². The number of halogens is 1. The molecule has 4 unspecified atom stereocenters. The molecule has 5 aromatic rings. The van der Waals surface area contributed by atoms with Crippen LogP contribution >= 0.6 is 0 Å². The summed E-state index contributed by atoms with van der Waals surface area (Å²) >= 11 is 0. The summed E-state index contributed by atoms with van der Waals surface area (Å²) in [6.45, 7) is 14.8. The van der Waals surface area contributed by atoms with Crippen molar-refractivity contribution in [1.82, 2.24) is 35.2 Å². The van der Waals surface area contributed by atoms with Crippen LogP contribution in [0.5, 0.6) is 11.8 Å². The first kappa shape index (κ1) is 44.7. The van der Waals surface area contributed by atoms with Gasteiger partial charge in [-0.3, -0.25) is 14.7 Å². The second-order valence-corrected chi connectivity index (χ2v) is 20.3. The number of carbonyl (C=O) groups excluding carboxylic acids is 1. The highest BCUT2D eigenvalue weighted by molar-refractivity contribution is 6.01. The van der Waals surface area contributed by atoms with E-state index in [1.807, 2.05) is 29.2 Å². The van der Waals surface area contributed by atoms with E-state index in [9.17, 15) is 15.0 Å². The van der Waals surface area contributed by atoms with E-state index in [-0.39, 0.29) is 46.8 Å². The van der Waals surface area contributed by atoms with Crippen molar-refractivity contribution in [3.8, 4) is 23.0 Å². The highest BCUT2D eigenvalue weighted by atomic mass is 19.1. The van der Waals surface area contributed by atoms with Crippen LogP contribution in [0.4, 0.5) is 16.0 Å². The van der Waals surface area contributed by atoms with Crippen molar-refractivity contribution in [2.45, 2.75) is 122 Å². The van der Waals surface area contributed by atoms with Gasteiger partial charge in [-0.1, -0.05) is 44.1 Å². The van der Waals surface area contributed by atoms with E-state index in [2.05, 4.69) is 52.9 Å². The number of aromatic nitrogens is 4. The highest BCUT2D eigenvalue weighted by Gasteiger charge is 2.39. The fourth-order valence-electron chi connectivity index (χ4n) is 11.8. The molecule has 15 heteroatoms. The van der Waals surface area contributed by atoms with Crippen molar-refractivity contribution in [3.05, 3.63) is 59.7 Å². The second-order valence-electron chi connectivity index (χ2n) is 20.3. The molecule has 5 fully saturated rings. The number of amides is 1. The van der Waals surface area contributed by atoms with E-state index in [1.165, 1.54) is 0 Å². The van der Waals surface area contributed by atoms with Crippen LogP contribution in [-0.4, -0.2) is 129 Å². The van der Waals surface area contributed by atoms with Crippen LogP contribution in [0.2, 0.25) is 0 Å². The molecule has 5 aliphatic rings. The maximum absolute atomic E-state index is 17.1. The van der Waals surface area contributed by atoms with E-state index in [1.54, 1.807) is 18.3 Å². The molecule has 1 amide bonds. The number of likely N-dealkylation sites (tertiary alicyclic amines) is 2. The number of phenols is 1. The van der Waals surface area contributed by atoms with Gasteiger partial charge in [0.2, 0.25) is 5.91 Å². The molecule has 2 bridgehead atoms. The lowest BCUT2D eigenvalue weighted by atomic mass is 9.79. The zero-order chi connectivity index (χ0) is 45.7. The number of piperidine rings is 2. The van der Waals surface area contributed by atoms with Gasteiger partial charge in [0.25, 0.3) is 0 Å². The number of aliphatic hydroxyl groups is 1. The number of carbonyl (C=O) groups is 1. The fraction of sp³-hybridized carbons (Fsp3) is 0.588. The molecule has 3 N–H and O–H groups in total. The number of aryl methyl sites for hydroxylation is 1. The normalized spacial score (nSPS) is 23.1. The molecule has 0 spiro atoms. The minimum absolute atomic E-state index is 0.0453. The molecule has 2 aromatic carbocycles. The summed E-state index contributed by atoms with van der Waals surface area (Å²) in [5.74, 6) is 1.88. The van der Waals surface area contributed by atoms with Gasteiger partial charge >= 0.3 is 6.01 Å². The summed E-state index contributed by atoms with van der Waals surface area (Å²) in [6, 6.07) is 12.2. The first-order chi connectivity index (χ1) is 31.9. The predicted octanol–water partition coefficient (Wildman–Crippen LogP) is 7.44. The number of piperazine rings is 1. The number of benzene rings is 2. The summed E-state index contributed by atoms with van der Waals surface area (Å²) in [5, 5.41) is 32.9. The van der Waals surface area contributed by atoms with Gasteiger partial charge in [-0.25, -0.2) is 4.39 Å². The lowest BCUT2D eigenvalue weighted by molar-refractivity contribution is -0.134. The maximum Gasteiger partial charge on any atom is 0.319 e. The minimum Gasteiger partial charge on any atom is -0.508 e. The summed E-state index contributed by atoms with van der Waals surface area (Å²) < 4.78 is 29.2. The smallest absolute Gasteiger partial charge is 0.319 e. The monoisotopic (exact) mass is 904 g/mol. The van der Waals surface area contributed by atoms with E-state index in [0.29, 0.717) is 66.5 Å². The third-order valence-corrected chi connectivity index (χ3v) is 15.5. The van der Waals surface area contributed by atoms with Crippen molar-refractivity contribution >= 4 is 39.2 Å². The summed E-state index contributed by atoms with van der Waals surface area (Å²) in [4.78, 5) is 36.7. The Morgan fingerprint density at radius 1 is 1.00 bits per heavy atom. The van der Waals surface area contributed by atoms with Crippen LogP contribution in [0, 0.1) is 17.7 Å². The van der Waals surface area contributed by atoms with Gasteiger partial charge in [0.05, 0.1) is 11.0 Å². The molecule has 66 heavy (non-hydrogen) atoms. The van der Waals surface area contributed by atoms with Gasteiger partial charge in [-0.15, -0.1) is 0 Å². The Balaban J connectivity index is 0.773. The van der Waals surface area contributed by atoms with E-state index >= 15 is 4.39 Å². The van der Waals surface area contributed by atoms with Gasteiger partial charge in [-0.2, -0.15) is 9.97 Å². The Kier molecular flexibility index (Phi) is 12.5. The number of anilines is 2. The number of nitrogens with zero attached hydrogens (tertiary/aromatic N) is 8. The molecule has 14 nitrogen and oxygen atoms in total. The van der Waals surface area contributed by atoms with Crippen LogP contribution in [-0.2, 0) is 11.2 Å². The number of rotatable bonds is 13. The molecular weight excluding hydrogens is 838 g/mol. The summed E-state index contributed by atoms with van der Waals surface area (Å²) in [5.41, 5.74) is 1.13. The van der Waals surface area contributed by atoms with Crippen LogP contribution in [0.15, 0.2) is 47.1 Å². The quantitative estimate of drug-likeness (QED) is 0.107. The molecule has 0 radical (unpaired) electrons. The van der Waals surface area contributed by atoms with Crippen LogP contribution in [0.1, 0.15) is 103 Å². The average molecular weight is 904 g/mol. The SMILES string of the molecule is CCc1cccc2cc(O)cc(-c3ncc4c(N5CC6CCC(C5)N6)nc(OCCN5CCC(O)(CC6CCN(c7cc(C(C(=O)N8CCCC8C)C(C)C)on7)CC6)CC5)nc4c3F)c12. The van der Waals surface area contributed by atoms with Gasteiger partial charge in [0.1, 0.15) is 35.3 Å². The number of phenolic OH excluding ortho intramolecular Hbond substituents is 1. The van der Waals surface area contributed by atoms with Gasteiger partial charge < -0.3 is 39.5 Å². The Labute approximate surface area is 386 Å². The Hall–Kier alpha value is -5.12. The summed E-state index contributed by atoms with van der Waals surface area (Å²) in [6.07, 6.45) is 10.8. The number of hydrogen-bond acceptors (Lipinski definition) is 13. The predicted molar refractivity (Wildman–Crippen MR) is 254 cm³/mol. The zero-order valence-electron chi connectivity index (χ0n) is 39.0. The van der Waals surface area contributed by atoms with Crippen LogP contribution in [0.3, 0.4) is 0 Å². The van der Waals surface area contributed by atoms with Crippen molar-refractivity contribution in [1.29, 1.82) is 0 Å². The Morgan fingerprint density at radius 2 is 1.77 bits per heavy atom. The van der Waals surface area contributed by atoms with Crippen molar-refractivity contribution in [3.63, 3.8) is 0 Å². The Morgan fingerprint density at radius 3 is 2.48 bits per heavy atom. The topological polar surface area (TPSA) is 156 Å². The standard InChI is InChI=1S/C51H66FN9O5/c1-5-34-9-6-10-35-24-38(62)25-39(44(34)35)46-45(52)47-40(28-53-46)48(60-29-36-11-12-37(30-60)54-36)56-50(55-47)65-23-22-58-20-15-51(64,16-21-58)27-33-13-18-59(19-14-33)42-26-41(66-57-42)43(31(2)3)49(63)61-17-7-8-32(61)4/h6,9-10,24-26,28,31-33,36-37,43,54,62,64H,5,7-8,11-23,27,29-30H2,1-4H3. The molecule has 4 atom stereocenters.